The van der Waals surface area contributed by atoms with Gasteiger partial charge in [-0.3, -0.25) is 9.78 Å². The van der Waals surface area contributed by atoms with Gasteiger partial charge >= 0.3 is 0 Å². The third-order valence-corrected chi connectivity index (χ3v) is 6.93. The number of carbonyl (C=O) groups excluding carboxylic acids is 1. The number of aromatic nitrogens is 1. The summed E-state index contributed by atoms with van der Waals surface area (Å²) in [6.45, 7) is 0.953. The number of carbonyl (C=O) groups is 1. The summed E-state index contributed by atoms with van der Waals surface area (Å²) < 4.78 is 0. The summed E-state index contributed by atoms with van der Waals surface area (Å²) in [4.78, 5) is 20.1. The van der Waals surface area contributed by atoms with Crippen LogP contribution in [0.25, 0.3) is 0 Å². The van der Waals surface area contributed by atoms with Gasteiger partial charge in [-0.25, -0.2) is 0 Å². The smallest absolute Gasteiger partial charge is 0.232 e. The van der Waals surface area contributed by atoms with Gasteiger partial charge in [-0.05, 0) is 55.5 Å². The van der Waals surface area contributed by atoms with E-state index in [0.717, 1.165) is 49.0 Å². The molecule has 160 valence electrons. The molecule has 0 aliphatic heterocycles. The van der Waals surface area contributed by atoms with E-state index in [1.54, 1.807) is 0 Å². The zero-order valence-electron chi connectivity index (χ0n) is 18.2. The van der Waals surface area contributed by atoms with E-state index >= 15 is 0 Å². The molecule has 3 aromatic rings. The summed E-state index contributed by atoms with van der Waals surface area (Å²) in [7, 11) is 2.19. The van der Waals surface area contributed by atoms with Gasteiger partial charge in [0.05, 0.1) is 0 Å². The molecule has 0 saturated heterocycles. The Hall–Kier alpha value is -2.98. The van der Waals surface area contributed by atoms with Gasteiger partial charge in [0, 0.05) is 30.9 Å². The summed E-state index contributed by atoms with van der Waals surface area (Å²) >= 11 is 0. The van der Waals surface area contributed by atoms with Crippen LogP contribution in [0.1, 0.15) is 36.1 Å². The lowest BCUT2D eigenvalue weighted by molar-refractivity contribution is -0.123. The number of amides is 1. The summed E-state index contributed by atoms with van der Waals surface area (Å²) in [5.41, 5.74) is 8.51. The third-order valence-electron chi connectivity index (χ3n) is 6.93. The topological polar surface area (TPSA) is 59.2 Å². The lowest BCUT2D eigenvalue weighted by Crippen LogP contribution is -2.48. The van der Waals surface area contributed by atoms with Crippen molar-refractivity contribution in [2.24, 2.45) is 11.7 Å². The maximum absolute atomic E-state index is 13.2. The van der Waals surface area contributed by atoms with Crippen LogP contribution in [-0.2, 0) is 16.6 Å². The Balaban J connectivity index is 1.59. The molecule has 1 fully saturated rings. The van der Waals surface area contributed by atoms with Crippen LogP contribution in [0.3, 0.4) is 0 Å². The summed E-state index contributed by atoms with van der Waals surface area (Å²) in [6.07, 6.45) is 5.77. The Bertz CT molecular complexity index is 936. The van der Waals surface area contributed by atoms with Gasteiger partial charge in [-0.1, -0.05) is 66.7 Å². The number of hydrogen-bond donors (Lipinski definition) is 1. The molecule has 0 radical (unpaired) electrons. The highest BCUT2D eigenvalue weighted by molar-refractivity contribution is 5.91. The van der Waals surface area contributed by atoms with Crippen LogP contribution in [0.2, 0.25) is 0 Å². The first-order valence-electron chi connectivity index (χ1n) is 11.1. The molecule has 1 aliphatic carbocycles. The van der Waals surface area contributed by atoms with Crippen LogP contribution in [0.5, 0.6) is 0 Å². The number of nitrogens with two attached hydrogens (primary N) is 1. The van der Waals surface area contributed by atoms with Crippen molar-refractivity contribution in [3.8, 4) is 0 Å². The molecule has 2 N–H and O–H groups in total. The number of hydrogen-bond acceptors (Lipinski definition) is 3. The Morgan fingerprint density at radius 2 is 1.58 bits per heavy atom. The number of likely N-dealkylation sites (N-methyl/N-ethyl adjacent to an activating group) is 1. The van der Waals surface area contributed by atoms with Crippen LogP contribution in [-0.4, -0.2) is 35.4 Å². The van der Waals surface area contributed by atoms with E-state index in [1.807, 2.05) is 54.7 Å². The Morgan fingerprint density at radius 1 is 0.968 bits per heavy atom. The minimum absolute atomic E-state index is 0.164. The van der Waals surface area contributed by atoms with E-state index < -0.39 is 5.41 Å². The molecular weight excluding hydrogens is 382 g/mol. The number of pyridine rings is 1. The second-order valence-electron chi connectivity index (χ2n) is 8.62. The Morgan fingerprint density at radius 3 is 2.13 bits per heavy atom. The zero-order valence-corrected chi connectivity index (χ0v) is 18.2. The van der Waals surface area contributed by atoms with Crippen LogP contribution in [0, 0.1) is 5.92 Å². The molecule has 4 rings (SSSR count). The Labute approximate surface area is 185 Å². The molecule has 4 nitrogen and oxygen atoms in total. The quantitative estimate of drug-likeness (QED) is 0.602. The standard InChI is InChI=1S/C27H31N3O/c1-30(19-17-24-14-8-9-18-29-24)25-16-15-23(20-25)27(26(28)31,21-10-4-2-5-11-21)22-12-6-3-7-13-22/h2-14,18,23,25H,15-17,19-20H2,1H3,(H2,28,31). The largest absolute Gasteiger partial charge is 0.369 e. The van der Waals surface area contributed by atoms with Crippen LogP contribution in [0.15, 0.2) is 85.1 Å². The SMILES string of the molecule is CN(CCc1ccccn1)C1CCC(C(C(N)=O)(c2ccccc2)c2ccccc2)C1. The van der Waals surface area contributed by atoms with Gasteiger partial charge < -0.3 is 10.6 Å². The molecular formula is C27H31N3O. The maximum Gasteiger partial charge on any atom is 0.232 e. The van der Waals surface area contributed by atoms with E-state index in [0.29, 0.717) is 6.04 Å². The molecule has 0 bridgehead atoms. The first-order chi connectivity index (χ1) is 15.1. The highest BCUT2D eigenvalue weighted by atomic mass is 16.1. The third kappa shape index (κ3) is 4.26. The van der Waals surface area contributed by atoms with Crippen molar-refractivity contribution < 1.29 is 4.79 Å². The molecule has 1 aliphatic rings. The normalized spacial score (nSPS) is 18.9. The lowest BCUT2D eigenvalue weighted by Gasteiger charge is -2.38. The number of benzene rings is 2. The maximum atomic E-state index is 13.2. The first kappa shape index (κ1) is 21.3. The van der Waals surface area contributed by atoms with Crippen LogP contribution >= 0.6 is 0 Å². The van der Waals surface area contributed by atoms with Crippen molar-refractivity contribution in [2.45, 2.75) is 37.1 Å². The molecule has 1 amide bonds. The fourth-order valence-corrected chi connectivity index (χ4v) is 5.30. The average molecular weight is 414 g/mol. The highest BCUT2D eigenvalue weighted by Gasteiger charge is 2.50. The summed E-state index contributed by atoms with van der Waals surface area (Å²) in [5.74, 6) is -0.0937. The molecule has 31 heavy (non-hydrogen) atoms. The van der Waals surface area contributed by atoms with E-state index in [4.69, 9.17) is 5.73 Å². The van der Waals surface area contributed by atoms with E-state index in [2.05, 4.69) is 47.3 Å². The van der Waals surface area contributed by atoms with Crippen molar-refractivity contribution in [2.75, 3.05) is 13.6 Å². The predicted molar refractivity (Wildman–Crippen MR) is 125 cm³/mol. The minimum Gasteiger partial charge on any atom is -0.369 e. The Kier molecular flexibility index (Phi) is 6.47. The van der Waals surface area contributed by atoms with E-state index in [1.165, 1.54) is 0 Å². The van der Waals surface area contributed by atoms with E-state index in [-0.39, 0.29) is 11.8 Å². The van der Waals surface area contributed by atoms with Gasteiger partial charge in [-0.2, -0.15) is 0 Å². The molecule has 4 heteroatoms. The molecule has 1 saturated carbocycles. The van der Waals surface area contributed by atoms with Crippen molar-refractivity contribution in [1.29, 1.82) is 0 Å². The molecule has 1 aromatic heterocycles. The molecule has 2 aromatic carbocycles. The highest BCUT2D eigenvalue weighted by Crippen LogP contribution is 2.47. The average Bonchev–Trinajstić information content (AvgIpc) is 3.30. The van der Waals surface area contributed by atoms with Crippen molar-refractivity contribution in [3.63, 3.8) is 0 Å². The second kappa shape index (κ2) is 9.44. The number of primary amides is 1. The predicted octanol–water partition coefficient (Wildman–Crippen LogP) is 4.20. The van der Waals surface area contributed by atoms with Crippen molar-refractivity contribution in [1.82, 2.24) is 9.88 Å². The molecule has 2 unspecified atom stereocenters. The molecule has 1 heterocycles. The summed E-state index contributed by atoms with van der Waals surface area (Å²) in [6, 6.07) is 26.7. The minimum atomic E-state index is -0.806. The zero-order chi connectivity index (χ0) is 21.7. The number of nitrogens with zero attached hydrogens (tertiary/aromatic N) is 2. The van der Waals surface area contributed by atoms with Gasteiger partial charge in [-0.15, -0.1) is 0 Å². The fraction of sp³-hybridized carbons (Fsp3) is 0.333. The lowest BCUT2D eigenvalue weighted by atomic mass is 9.64. The van der Waals surface area contributed by atoms with Crippen LogP contribution < -0.4 is 5.73 Å². The first-order valence-corrected chi connectivity index (χ1v) is 11.1. The summed E-state index contributed by atoms with van der Waals surface area (Å²) in [5, 5.41) is 0. The molecule has 0 spiro atoms. The van der Waals surface area contributed by atoms with Gasteiger partial charge in [0.15, 0.2) is 0 Å². The second-order valence-corrected chi connectivity index (χ2v) is 8.62. The van der Waals surface area contributed by atoms with Crippen LogP contribution in [0.4, 0.5) is 0 Å². The monoisotopic (exact) mass is 413 g/mol. The van der Waals surface area contributed by atoms with Gasteiger partial charge in [0.25, 0.3) is 0 Å². The van der Waals surface area contributed by atoms with E-state index in [9.17, 15) is 4.79 Å². The van der Waals surface area contributed by atoms with Gasteiger partial charge in [0.2, 0.25) is 5.91 Å². The molecule has 2 atom stereocenters. The van der Waals surface area contributed by atoms with Crippen molar-refractivity contribution >= 4 is 5.91 Å². The fourth-order valence-electron chi connectivity index (χ4n) is 5.30. The van der Waals surface area contributed by atoms with Gasteiger partial charge in [0.1, 0.15) is 5.41 Å². The number of rotatable bonds is 8. The van der Waals surface area contributed by atoms with Crippen molar-refractivity contribution in [3.05, 3.63) is 102 Å².